The van der Waals surface area contributed by atoms with Crippen molar-refractivity contribution in [1.29, 1.82) is 0 Å². The summed E-state index contributed by atoms with van der Waals surface area (Å²) in [5.74, 6) is -4.22. The van der Waals surface area contributed by atoms with Gasteiger partial charge in [0, 0.05) is 0 Å². The molecule has 4 N–H and O–H groups in total. The Morgan fingerprint density at radius 2 is 0.938 bits per heavy atom. The van der Waals surface area contributed by atoms with E-state index in [1.165, 1.54) is 0 Å². The largest absolute Gasteiger partial charge is 1.00 e. The number of carboxylic acid groups (broad SMARTS) is 2. The maximum atomic E-state index is 9.96. The minimum absolute atomic E-state index is 0. The molecule has 0 aromatic carbocycles. The summed E-state index contributed by atoms with van der Waals surface area (Å²) in [4.78, 5) is 19.9. The Balaban J connectivity index is -0.000000845. The van der Waals surface area contributed by atoms with E-state index < -0.39 is 36.4 Å². The summed E-state index contributed by atoms with van der Waals surface area (Å²) in [6, 6.07) is 0. The third-order valence-electron chi connectivity index (χ3n) is 1.48. The standard InChI is InChI=1S/C6H10O8.2Ag/c7-1(3(9)5(11)12)2(8)4(10)6(13)14;;/h1-4,7-10H,(H,11,12)(H,13,14);;/q;2*+1/p-2/t1-,2-,3-,4+;;/m0../s1. The second-order valence-electron chi connectivity index (χ2n) is 2.51. The van der Waals surface area contributed by atoms with Crippen molar-refractivity contribution in [2.45, 2.75) is 24.4 Å². The van der Waals surface area contributed by atoms with Gasteiger partial charge in [0.05, 0.1) is 11.9 Å². The SMILES string of the molecule is O=C([O-])[C@@H](O)[C@@H](O)[C@H](O)[C@@H](O)C(=O)[O-].[Ag+].[Ag+]. The van der Waals surface area contributed by atoms with Crippen LogP contribution in [0.15, 0.2) is 0 Å². The van der Waals surface area contributed by atoms with Gasteiger partial charge in [-0.05, 0) is 0 Å². The number of carbonyl (C=O) groups excluding carboxylic acids is 2. The van der Waals surface area contributed by atoms with Gasteiger partial charge in [-0.2, -0.15) is 0 Å². The van der Waals surface area contributed by atoms with Crippen LogP contribution in [-0.4, -0.2) is 56.8 Å². The Bertz CT molecular complexity index is 211. The molecule has 0 aliphatic heterocycles. The Morgan fingerprint density at radius 1 is 0.750 bits per heavy atom. The van der Waals surface area contributed by atoms with Crippen molar-refractivity contribution in [3.05, 3.63) is 0 Å². The number of aliphatic hydroxyl groups is 4. The Morgan fingerprint density at radius 3 is 1.06 bits per heavy atom. The van der Waals surface area contributed by atoms with Crippen LogP contribution in [0.1, 0.15) is 0 Å². The monoisotopic (exact) mass is 422 g/mol. The molecule has 0 heterocycles. The molecule has 0 unspecified atom stereocenters. The maximum Gasteiger partial charge on any atom is 1.00 e. The predicted molar refractivity (Wildman–Crippen MR) is 34.0 cm³/mol. The molecule has 0 saturated heterocycles. The van der Waals surface area contributed by atoms with Crippen LogP contribution in [-0.2, 0) is 54.3 Å². The van der Waals surface area contributed by atoms with Gasteiger partial charge in [-0.3, -0.25) is 0 Å². The van der Waals surface area contributed by atoms with Crippen LogP contribution in [0.2, 0.25) is 0 Å². The van der Waals surface area contributed by atoms with Gasteiger partial charge in [-0.15, -0.1) is 0 Å². The minimum atomic E-state index is -2.50. The van der Waals surface area contributed by atoms with Gasteiger partial charge in [-0.25, -0.2) is 0 Å². The Hall–Kier alpha value is 0.261. The number of hydrogen-bond donors (Lipinski definition) is 4. The average Bonchev–Trinajstić information content (AvgIpc) is 2.12. The van der Waals surface area contributed by atoms with Crippen molar-refractivity contribution in [2.75, 3.05) is 0 Å². The Kier molecular flexibility index (Phi) is 12.5. The zero-order valence-corrected chi connectivity index (χ0v) is 10.3. The van der Waals surface area contributed by atoms with Crippen LogP contribution in [0.5, 0.6) is 0 Å². The summed E-state index contributed by atoms with van der Waals surface area (Å²) in [7, 11) is 0. The van der Waals surface area contributed by atoms with Crippen LogP contribution in [0.25, 0.3) is 0 Å². The zero-order valence-electron chi connectivity index (χ0n) is 7.33. The first-order valence-corrected chi connectivity index (χ1v) is 3.43. The van der Waals surface area contributed by atoms with Gasteiger partial charge in [0.15, 0.2) is 0 Å². The summed E-state index contributed by atoms with van der Waals surface area (Å²) < 4.78 is 0. The van der Waals surface area contributed by atoms with Crippen LogP contribution < -0.4 is 10.2 Å². The summed E-state index contributed by atoms with van der Waals surface area (Å²) in [5.41, 5.74) is 0. The topological polar surface area (TPSA) is 161 Å². The molecule has 0 aliphatic carbocycles. The van der Waals surface area contributed by atoms with Crippen molar-refractivity contribution in [3.8, 4) is 0 Å². The van der Waals surface area contributed by atoms with Gasteiger partial charge in [0.1, 0.15) is 24.4 Å². The van der Waals surface area contributed by atoms with E-state index in [9.17, 15) is 19.8 Å². The number of hydrogen-bond acceptors (Lipinski definition) is 8. The van der Waals surface area contributed by atoms with Crippen molar-refractivity contribution >= 4 is 11.9 Å². The molecule has 0 fully saturated rings. The molecule has 0 aliphatic rings. The van der Waals surface area contributed by atoms with Crippen molar-refractivity contribution in [1.82, 2.24) is 0 Å². The summed E-state index contributed by atoms with van der Waals surface area (Å²) in [5, 5.41) is 54.7. The van der Waals surface area contributed by atoms with E-state index >= 15 is 0 Å². The first-order chi connectivity index (χ1) is 6.29. The van der Waals surface area contributed by atoms with E-state index in [-0.39, 0.29) is 44.8 Å². The molecule has 0 aromatic rings. The molecular weight excluding hydrogens is 416 g/mol. The molecule has 10 heteroatoms. The van der Waals surface area contributed by atoms with E-state index in [0.717, 1.165) is 0 Å². The molecule has 0 rings (SSSR count). The molecule has 102 valence electrons. The van der Waals surface area contributed by atoms with E-state index in [1.54, 1.807) is 0 Å². The molecular formula is C6H8Ag2O8. The molecule has 4 atom stereocenters. The summed E-state index contributed by atoms with van der Waals surface area (Å²) in [6.45, 7) is 0. The zero-order chi connectivity index (χ0) is 11.5. The number of aliphatic hydroxyl groups excluding tert-OH is 4. The predicted octanol–water partition coefficient (Wildman–Crippen LogP) is -6.08. The van der Waals surface area contributed by atoms with Crippen LogP contribution in [0.4, 0.5) is 0 Å². The van der Waals surface area contributed by atoms with Crippen LogP contribution >= 0.6 is 0 Å². The van der Waals surface area contributed by atoms with Crippen molar-refractivity contribution < 1.29 is 85.0 Å². The maximum absolute atomic E-state index is 9.96. The molecule has 0 amide bonds. The average molecular weight is 424 g/mol. The minimum Gasteiger partial charge on any atom is -0.547 e. The number of rotatable bonds is 5. The number of carbonyl (C=O) groups is 2. The van der Waals surface area contributed by atoms with Crippen molar-refractivity contribution in [3.63, 3.8) is 0 Å². The second-order valence-corrected chi connectivity index (χ2v) is 2.51. The van der Waals surface area contributed by atoms with E-state index in [0.29, 0.717) is 0 Å². The fourth-order valence-corrected chi connectivity index (χ4v) is 0.652. The first-order valence-electron chi connectivity index (χ1n) is 3.43. The van der Waals surface area contributed by atoms with E-state index in [1.807, 2.05) is 0 Å². The summed E-state index contributed by atoms with van der Waals surface area (Å²) in [6.07, 6.45) is -9.76. The normalized spacial score (nSPS) is 17.0. The van der Waals surface area contributed by atoms with Gasteiger partial charge < -0.3 is 40.2 Å². The molecule has 16 heavy (non-hydrogen) atoms. The summed E-state index contributed by atoms with van der Waals surface area (Å²) >= 11 is 0. The van der Waals surface area contributed by atoms with E-state index in [2.05, 4.69) is 0 Å². The fraction of sp³-hybridized carbons (Fsp3) is 0.667. The molecule has 0 radical (unpaired) electrons. The third-order valence-corrected chi connectivity index (χ3v) is 1.48. The van der Waals surface area contributed by atoms with Crippen LogP contribution in [0.3, 0.4) is 0 Å². The molecule has 0 aromatic heterocycles. The number of carboxylic acids is 2. The van der Waals surface area contributed by atoms with Crippen molar-refractivity contribution in [2.24, 2.45) is 0 Å². The second kappa shape index (κ2) is 9.31. The van der Waals surface area contributed by atoms with Crippen LogP contribution in [0, 0.1) is 0 Å². The first kappa shape index (κ1) is 21.5. The fourth-order valence-electron chi connectivity index (χ4n) is 0.652. The molecule has 0 saturated carbocycles. The third kappa shape index (κ3) is 6.11. The quantitative estimate of drug-likeness (QED) is 0.318. The smallest absolute Gasteiger partial charge is 0.547 e. The van der Waals surface area contributed by atoms with Gasteiger partial charge in [-0.1, -0.05) is 0 Å². The van der Waals surface area contributed by atoms with Gasteiger partial charge in [0.2, 0.25) is 0 Å². The van der Waals surface area contributed by atoms with E-state index in [4.69, 9.17) is 20.4 Å². The number of aliphatic carboxylic acids is 2. The van der Waals surface area contributed by atoms with Gasteiger partial charge in [0.25, 0.3) is 0 Å². The molecule has 0 bridgehead atoms. The Labute approximate surface area is 121 Å². The molecule has 0 spiro atoms. The molecule has 8 nitrogen and oxygen atoms in total. The van der Waals surface area contributed by atoms with Gasteiger partial charge >= 0.3 is 44.8 Å².